The molecule has 0 bridgehead atoms. The van der Waals surface area contributed by atoms with Crippen LogP contribution in [0.25, 0.3) is 0 Å². The summed E-state index contributed by atoms with van der Waals surface area (Å²) in [6.45, 7) is 0. The maximum atomic E-state index is 4.97. The molecule has 3 nitrogen and oxygen atoms in total. The van der Waals surface area contributed by atoms with Crippen LogP contribution in [0, 0.1) is 0 Å². The lowest BCUT2D eigenvalue weighted by molar-refractivity contribution is 0.939. The topological polar surface area (TPSA) is 64.1 Å². The molecule has 0 aliphatic heterocycles. The summed E-state index contributed by atoms with van der Waals surface area (Å²) in [7, 11) is 4.97. The fraction of sp³-hybridized carbons (Fsp3) is 0. The number of nitrogens with two attached hydrogens (primary N) is 2. The van der Waals surface area contributed by atoms with Crippen molar-refractivity contribution in [3.05, 3.63) is 11.8 Å². The predicted octanol–water partition coefficient (Wildman–Crippen LogP) is -1.62. The van der Waals surface area contributed by atoms with E-state index in [-0.39, 0.29) is 5.60 Å². The van der Waals surface area contributed by atoms with Gasteiger partial charge in [0.25, 0.3) is 0 Å². The fourth-order valence-electron chi connectivity index (χ4n) is 0.0481. The minimum Gasteiger partial charge on any atom is -0.404 e. The third-order valence-electron chi connectivity index (χ3n) is 0.346. The molecule has 6 heavy (non-hydrogen) atoms. The third kappa shape index (κ3) is 1.66. The van der Waals surface area contributed by atoms with Crippen molar-refractivity contribution in [1.82, 2.24) is 5.43 Å². The van der Waals surface area contributed by atoms with Gasteiger partial charge in [-0.05, 0) is 5.60 Å². The van der Waals surface area contributed by atoms with Gasteiger partial charge in [-0.25, -0.2) is 0 Å². The summed E-state index contributed by atoms with van der Waals surface area (Å²) < 4.78 is 0. The highest BCUT2D eigenvalue weighted by Crippen LogP contribution is 1.63. The van der Waals surface area contributed by atoms with E-state index in [1.54, 1.807) is 0 Å². The van der Waals surface area contributed by atoms with Gasteiger partial charge < -0.3 is 11.2 Å². The first-order valence-corrected chi connectivity index (χ1v) is 1.45. The maximum Gasteiger partial charge on any atom is 0.142 e. The largest absolute Gasteiger partial charge is 0.404 e. The Kier molecular flexibility index (Phi) is 2.32. The van der Waals surface area contributed by atoms with Crippen LogP contribution < -0.4 is 17.0 Å². The molecular weight excluding hydrogens is 76.9 g/mol. The van der Waals surface area contributed by atoms with E-state index in [4.69, 9.17) is 19.4 Å². The van der Waals surface area contributed by atoms with Gasteiger partial charge in [0, 0.05) is 6.20 Å². The van der Waals surface area contributed by atoms with Crippen molar-refractivity contribution in [3.8, 4) is 0 Å². The van der Waals surface area contributed by atoms with Crippen molar-refractivity contribution in [2.45, 2.75) is 0 Å². The second kappa shape index (κ2) is 2.59. The van der Waals surface area contributed by atoms with Crippen LogP contribution in [0.2, 0.25) is 0 Å². The Hall–Kier alpha value is -0.635. The van der Waals surface area contributed by atoms with Crippen molar-refractivity contribution in [3.63, 3.8) is 0 Å². The lowest BCUT2D eigenvalue weighted by atomic mass is 10.1. The molecule has 0 heterocycles. The Balaban J connectivity index is 3.22. The highest BCUT2D eigenvalue weighted by atomic mass is 15.2. The summed E-state index contributed by atoms with van der Waals surface area (Å²) in [5, 5.41) is 0. The third-order valence-corrected chi connectivity index (χ3v) is 0.346. The molecule has 0 atom stereocenters. The lowest BCUT2D eigenvalue weighted by Crippen LogP contribution is -2.21. The van der Waals surface area contributed by atoms with E-state index < -0.39 is 0 Å². The molecule has 4 heteroatoms. The number of hydrazine groups is 1. The molecule has 0 aliphatic carbocycles. The van der Waals surface area contributed by atoms with Gasteiger partial charge >= 0.3 is 0 Å². The number of hydrogen-bond acceptors (Lipinski definition) is 3. The van der Waals surface area contributed by atoms with Crippen LogP contribution in [0.1, 0.15) is 0 Å². The molecule has 0 aliphatic rings. The Labute approximate surface area is 37.8 Å². The fourth-order valence-corrected chi connectivity index (χ4v) is 0.0481. The lowest BCUT2D eigenvalue weighted by Gasteiger charge is -1.92. The Morgan fingerprint density at radius 1 is 1.83 bits per heavy atom. The van der Waals surface area contributed by atoms with Gasteiger partial charge in [0.15, 0.2) is 0 Å². The monoisotopic (exact) mass is 83.1 g/mol. The maximum absolute atomic E-state index is 4.97. The first kappa shape index (κ1) is 5.36. The average molecular weight is 82.9 g/mol. The average Bonchev–Trinajstić information content (AvgIpc) is 1.65. The van der Waals surface area contributed by atoms with Crippen molar-refractivity contribution in [2.75, 3.05) is 0 Å². The zero-order valence-electron chi connectivity index (χ0n) is 3.31. The first-order chi connectivity index (χ1) is 2.81. The molecule has 5 N–H and O–H groups in total. The second-order valence-corrected chi connectivity index (χ2v) is 0.766. The molecule has 0 aromatic carbocycles. The highest BCUT2D eigenvalue weighted by Gasteiger charge is 1.70. The predicted molar refractivity (Wildman–Crippen MR) is 25.3 cm³/mol. The summed E-state index contributed by atoms with van der Waals surface area (Å²) in [6, 6.07) is 0. The molecular formula is C2H6BN3. The van der Waals surface area contributed by atoms with Crippen LogP contribution in [-0.2, 0) is 0 Å². The van der Waals surface area contributed by atoms with E-state index in [0.29, 0.717) is 0 Å². The van der Waals surface area contributed by atoms with Crippen molar-refractivity contribution in [2.24, 2.45) is 11.6 Å². The molecule has 2 radical (unpaired) electrons. The summed E-state index contributed by atoms with van der Waals surface area (Å²) >= 11 is 0. The van der Waals surface area contributed by atoms with Crippen molar-refractivity contribution >= 4 is 7.85 Å². The van der Waals surface area contributed by atoms with Crippen LogP contribution in [0.4, 0.5) is 0 Å². The molecule has 0 aromatic heterocycles. The summed E-state index contributed by atoms with van der Waals surface area (Å²) in [6.07, 6.45) is 1.18. The van der Waals surface area contributed by atoms with E-state index in [9.17, 15) is 0 Å². The molecule has 0 saturated heterocycles. The molecule has 0 amide bonds. The molecule has 0 spiro atoms. The molecule has 0 fully saturated rings. The molecule has 0 unspecified atom stereocenters. The molecule has 0 saturated carbocycles. The SMILES string of the molecule is [B]/C(=C/N)NN. The van der Waals surface area contributed by atoms with Gasteiger partial charge in [0.05, 0.1) is 0 Å². The summed E-state index contributed by atoms with van der Waals surface area (Å²) in [4.78, 5) is 0. The minimum atomic E-state index is 0.273. The standard InChI is InChI=1S/C2H6BN3/c3-2(1-4)6-5/h1,6H,4-5H2/b2-1-. The van der Waals surface area contributed by atoms with Crippen molar-refractivity contribution < 1.29 is 0 Å². The van der Waals surface area contributed by atoms with Gasteiger partial charge in [-0.1, -0.05) is 0 Å². The van der Waals surface area contributed by atoms with E-state index in [0.717, 1.165) is 0 Å². The first-order valence-electron chi connectivity index (χ1n) is 1.45. The zero-order chi connectivity index (χ0) is 4.99. The summed E-state index contributed by atoms with van der Waals surface area (Å²) in [5.41, 5.74) is 7.25. The van der Waals surface area contributed by atoms with Crippen LogP contribution in [0.3, 0.4) is 0 Å². The Morgan fingerprint density at radius 2 is 2.33 bits per heavy atom. The van der Waals surface area contributed by atoms with Gasteiger partial charge in [-0.2, -0.15) is 0 Å². The van der Waals surface area contributed by atoms with E-state index in [1.807, 2.05) is 0 Å². The molecule has 0 aromatic rings. The second-order valence-electron chi connectivity index (χ2n) is 0.766. The normalized spacial score (nSPS) is 11.2. The minimum absolute atomic E-state index is 0.273. The molecule has 32 valence electrons. The van der Waals surface area contributed by atoms with E-state index in [2.05, 4.69) is 5.43 Å². The zero-order valence-corrected chi connectivity index (χ0v) is 3.31. The van der Waals surface area contributed by atoms with Gasteiger partial charge in [-0.3, -0.25) is 5.84 Å². The van der Waals surface area contributed by atoms with E-state index >= 15 is 0 Å². The quantitative estimate of drug-likeness (QED) is 0.203. The van der Waals surface area contributed by atoms with Gasteiger partial charge in [-0.15, -0.1) is 0 Å². The molecule has 0 rings (SSSR count). The highest BCUT2D eigenvalue weighted by molar-refractivity contribution is 6.20. The van der Waals surface area contributed by atoms with Crippen LogP contribution in [0.15, 0.2) is 11.8 Å². The number of rotatable bonds is 1. The number of hydrogen-bond donors (Lipinski definition) is 3. The van der Waals surface area contributed by atoms with Crippen LogP contribution in [-0.4, -0.2) is 7.85 Å². The van der Waals surface area contributed by atoms with Crippen LogP contribution >= 0.6 is 0 Å². The van der Waals surface area contributed by atoms with Gasteiger partial charge in [0.1, 0.15) is 7.85 Å². The Morgan fingerprint density at radius 3 is 2.33 bits per heavy atom. The van der Waals surface area contributed by atoms with Gasteiger partial charge in [0.2, 0.25) is 0 Å². The summed E-state index contributed by atoms with van der Waals surface area (Å²) in [5.74, 6) is 4.76. The number of nitrogens with one attached hydrogen (secondary N) is 1. The van der Waals surface area contributed by atoms with Crippen LogP contribution in [0.5, 0.6) is 0 Å². The Bertz CT molecular complexity index is 59.8. The van der Waals surface area contributed by atoms with E-state index in [1.165, 1.54) is 6.20 Å². The van der Waals surface area contributed by atoms with Crippen molar-refractivity contribution in [1.29, 1.82) is 0 Å². The smallest absolute Gasteiger partial charge is 0.142 e.